The third kappa shape index (κ3) is 3.62. The fourth-order valence-electron chi connectivity index (χ4n) is 1.44. The zero-order chi connectivity index (χ0) is 15.8. The van der Waals surface area contributed by atoms with E-state index in [2.05, 4.69) is 36.6 Å². The van der Waals surface area contributed by atoms with Crippen molar-refractivity contribution in [3.63, 3.8) is 0 Å². The van der Waals surface area contributed by atoms with Crippen molar-refractivity contribution in [1.29, 1.82) is 0 Å². The molecule has 0 bridgehead atoms. The van der Waals surface area contributed by atoms with Crippen molar-refractivity contribution in [3.8, 4) is 0 Å². The van der Waals surface area contributed by atoms with E-state index in [-0.39, 0.29) is 16.1 Å². The van der Waals surface area contributed by atoms with E-state index >= 15 is 0 Å². The summed E-state index contributed by atoms with van der Waals surface area (Å²) in [5.41, 5.74) is -0.593. The van der Waals surface area contributed by atoms with E-state index in [1.165, 1.54) is 6.07 Å². The Kier molecular flexibility index (Phi) is 4.71. The Bertz CT molecular complexity index is 820. The number of hydrogen-bond donors (Lipinski definition) is 2. The maximum absolute atomic E-state index is 13.8. The van der Waals surface area contributed by atoms with Crippen molar-refractivity contribution in [3.05, 3.63) is 43.2 Å². The number of anilines is 1. The average molecular weight is 459 g/mol. The second-order valence-corrected chi connectivity index (χ2v) is 9.19. The first-order chi connectivity index (χ1) is 9.70. The number of hydrogen-bond acceptors (Lipinski definition) is 4. The minimum atomic E-state index is -3.98. The minimum Gasteiger partial charge on any atom is -0.478 e. The van der Waals surface area contributed by atoms with Crippen LogP contribution in [-0.4, -0.2) is 19.5 Å². The molecular weight excluding hydrogens is 453 g/mol. The van der Waals surface area contributed by atoms with Crippen molar-refractivity contribution in [1.82, 2.24) is 0 Å². The van der Waals surface area contributed by atoms with Gasteiger partial charge in [-0.1, -0.05) is 0 Å². The summed E-state index contributed by atoms with van der Waals surface area (Å²) in [7, 11) is -3.98. The minimum absolute atomic E-state index is 0.0407. The van der Waals surface area contributed by atoms with E-state index in [9.17, 15) is 17.6 Å². The van der Waals surface area contributed by atoms with Crippen LogP contribution in [0.25, 0.3) is 0 Å². The SMILES string of the molecule is O=C(O)c1ccc(NS(=O)(=O)c2cc(Br)sc2Br)c(F)c1. The van der Waals surface area contributed by atoms with Gasteiger partial charge < -0.3 is 5.11 Å². The van der Waals surface area contributed by atoms with Gasteiger partial charge in [0, 0.05) is 0 Å². The van der Waals surface area contributed by atoms with Crippen molar-refractivity contribution in [2.45, 2.75) is 4.90 Å². The monoisotopic (exact) mass is 457 g/mol. The Morgan fingerprint density at radius 1 is 1.29 bits per heavy atom. The van der Waals surface area contributed by atoms with Gasteiger partial charge in [-0.15, -0.1) is 11.3 Å². The first kappa shape index (κ1) is 16.4. The highest BCUT2D eigenvalue weighted by molar-refractivity contribution is 9.12. The molecule has 0 spiro atoms. The first-order valence-corrected chi connectivity index (χ1v) is 9.10. The molecule has 0 atom stereocenters. The van der Waals surface area contributed by atoms with Gasteiger partial charge in [0.1, 0.15) is 10.7 Å². The summed E-state index contributed by atoms with van der Waals surface area (Å²) in [4.78, 5) is 10.7. The summed E-state index contributed by atoms with van der Waals surface area (Å²) in [5.74, 6) is -2.27. The van der Waals surface area contributed by atoms with E-state index in [0.29, 0.717) is 7.57 Å². The molecular formula is C11H6Br2FNO4S2. The maximum Gasteiger partial charge on any atom is 0.335 e. The van der Waals surface area contributed by atoms with Crippen LogP contribution in [0, 0.1) is 5.82 Å². The first-order valence-electron chi connectivity index (χ1n) is 5.21. The van der Waals surface area contributed by atoms with Gasteiger partial charge in [-0.05, 0) is 56.1 Å². The van der Waals surface area contributed by atoms with Crippen LogP contribution in [0.15, 0.2) is 36.7 Å². The summed E-state index contributed by atoms with van der Waals surface area (Å²) in [6.07, 6.45) is 0. The molecule has 2 rings (SSSR count). The Morgan fingerprint density at radius 3 is 2.43 bits per heavy atom. The molecule has 0 aliphatic rings. The Morgan fingerprint density at radius 2 is 1.95 bits per heavy atom. The zero-order valence-corrected chi connectivity index (χ0v) is 14.7. The Balaban J connectivity index is 2.37. The smallest absolute Gasteiger partial charge is 0.335 e. The predicted octanol–water partition coefficient (Wildman–Crippen LogP) is 3.91. The van der Waals surface area contributed by atoms with Gasteiger partial charge >= 0.3 is 5.97 Å². The molecule has 0 fully saturated rings. The zero-order valence-electron chi connectivity index (χ0n) is 9.93. The standard InChI is InChI=1S/C11H6Br2FNO4S2/c12-9-4-8(10(13)20-9)21(18,19)15-7-2-1-5(11(16)17)3-6(7)14/h1-4,15H,(H,16,17). The second kappa shape index (κ2) is 6.03. The molecule has 2 N–H and O–H groups in total. The number of carboxylic acid groups (broad SMARTS) is 1. The van der Waals surface area contributed by atoms with Crippen LogP contribution in [0.4, 0.5) is 10.1 Å². The lowest BCUT2D eigenvalue weighted by Gasteiger charge is -2.08. The van der Waals surface area contributed by atoms with Crippen LogP contribution in [-0.2, 0) is 10.0 Å². The number of sulfonamides is 1. The molecule has 0 saturated carbocycles. The fraction of sp³-hybridized carbons (Fsp3) is 0. The van der Waals surface area contributed by atoms with Gasteiger partial charge in [0.15, 0.2) is 0 Å². The van der Waals surface area contributed by atoms with E-state index in [1.54, 1.807) is 0 Å². The molecule has 112 valence electrons. The lowest BCUT2D eigenvalue weighted by Crippen LogP contribution is -2.14. The lowest BCUT2D eigenvalue weighted by atomic mass is 10.2. The number of carboxylic acids is 1. The van der Waals surface area contributed by atoms with Gasteiger partial charge in [-0.2, -0.15) is 0 Å². The van der Waals surface area contributed by atoms with Gasteiger partial charge in [0.25, 0.3) is 10.0 Å². The number of aromatic carboxylic acids is 1. The molecule has 1 aromatic carbocycles. The molecule has 2 aromatic rings. The third-order valence-electron chi connectivity index (χ3n) is 2.38. The largest absolute Gasteiger partial charge is 0.478 e. The van der Waals surface area contributed by atoms with E-state index < -0.39 is 21.8 Å². The fourth-order valence-corrected chi connectivity index (χ4v) is 6.32. The normalized spacial score (nSPS) is 11.4. The van der Waals surface area contributed by atoms with Crippen LogP contribution in [0.5, 0.6) is 0 Å². The van der Waals surface area contributed by atoms with Crippen molar-refractivity contribution in [2.75, 3.05) is 4.72 Å². The van der Waals surface area contributed by atoms with E-state index in [4.69, 9.17) is 5.11 Å². The Hall–Kier alpha value is -0.970. The van der Waals surface area contributed by atoms with Crippen LogP contribution < -0.4 is 4.72 Å². The third-order valence-corrected chi connectivity index (χ3v) is 6.50. The summed E-state index contributed by atoms with van der Waals surface area (Å²) in [6.45, 7) is 0. The molecule has 0 unspecified atom stereocenters. The topological polar surface area (TPSA) is 83.5 Å². The molecule has 0 saturated heterocycles. The number of thiophene rings is 1. The highest BCUT2D eigenvalue weighted by Gasteiger charge is 2.22. The highest BCUT2D eigenvalue weighted by Crippen LogP contribution is 2.35. The van der Waals surface area contributed by atoms with Gasteiger partial charge in [-0.3, -0.25) is 4.72 Å². The second-order valence-electron chi connectivity index (χ2n) is 3.79. The van der Waals surface area contributed by atoms with Crippen molar-refractivity contribution in [2.24, 2.45) is 0 Å². The Labute approximate surface area is 140 Å². The van der Waals surface area contributed by atoms with Crippen LogP contribution in [0.1, 0.15) is 10.4 Å². The summed E-state index contributed by atoms with van der Waals surface area (Å²) < 4.78 is 41.1. The number of halogens is 3. The van der Waals surface area contributed by atoms with Gasteiger partial charge in [0.05, 0.1) is 18.8 Å². The molecule has 1 heterocycles. The van der Waals surface area contributed by atoms with Crippen LogP contribution >= 0.6 is 43.2 Å². The highest BCUT2D eigenvalue weighted by atomic mass is 79.9. The molecule has 0 radical (unpaired) electrons. The van der Waals surface area contributed by atoms with E-state index in [0.717, 1.165) is 29.5 Å². The van der Waals surface area contributed by atoms with Crippen molar-refractivity contribution < 1.29 is 22.7 Å². The number of nitrogens with one attached hydrogen (secondary N) is 1. The summed E-state index contributed by atoms with van der Waals surface area (Å²) >= 11 is 7.43. The molecule has 10 heteroatoms. The molecule has 21 heavy (non-hydrogen) atoms. The molecule has 0 aliphatic heterocycles. The molecule has 5 nitrogen and oxygen atoms in total. The van der Waals surface area contributed by atoms with E-state index in [1.807, 2.05) is 0 Å². The van der Waals surface area contributed by atoms with Crippen LogP contribution in [0.2, 0.25) is 0 Å². The number of benzene rings is 1. The van der Waals surface area contributed by atoms with Crippen molar-refractivity contribution >= 4 is 64.9 Å². The summed E-state index contributed by atoms with van der Waals surface area (Å²) in [6, 6.07) is 4.30. The van der Waals surface area contributed by atoms with Gasteiger partial charge in [-0.25, -0.2) is 17.6 Å². The molecule has 0 amide bonds. The van der Waals surface area contributed by atoms with Gasteiger partial charge in [0.2, 0.25) is 0 Å². The lowest BCUT2D eigenvalue weighted by molar-refractivity contribution is 0.0696. The number of carbonyl (C=O) groups is 1. The summed E-state index contributed by atoms with van der Waals surface area (Å²) in [5, 5.41) is 8.73. The van der Waals surface area contributed by atoms with Crippen LogP contribution in [0.3, 0.4) is 0 Å². The molecule has 1 aromatic heterocycles. The quantitative estimate of drug-likeness (QED) is 0.727. The predicted molar refractivity (Wildman–Crippen MR) is 83.9 cm³/mol. The molecule has 0 aliphatic carbocycles. The maximum atomic E-state index is 13.8. The number of rotatable bonds is 4. The average Bonchev–Trinajstić information content (AvgIpc) is 2.71.